The first kappa shape index (κ1) is 32.2. The molecule has 0 spiro atoms. The maximum Gasteiger partial charge on any atom is 0.261 e. The quantitative estimate of drug-likeness (QED) is 0.165. The highest BCUT2D eigenvalue weighted by molar-refractivity contribution is 7.92. The van der Waals surface area contributed by atoms with Gasteiger partial charge in [0.2, 0.25) is 0 Å². The van der Waals surface area contributed by atoms with Gasteiger partial charge in [-0.05, 0) is 78.2 Å². The molecule has 234 valence electrons. The lowest BCUT2D eigenvalue weighted by atomic mass is 10.0. The zero-order chi connectivity index (χ0) is 31.0. The van der Waals surface area contributed by atoms with E-state index in [-0.39, 0.29) is 23.2 Å². The SMILES string of the molecule is Cl.O=C(Nc1sc2c(c1-c1nc3ccccc3s1)CCN(Cc1ccccc1)C2)c1ccc(NS(=O)(=O)c2ccc(Cl)cc2)cc1. The maximum atomic E-state index is 13.6. The molecule has 6 aromatic rings. The van der Waals surface area contributed by atoms with E-state index >= 15 is 0 Å². The molecule has 0 aliphatic carbocycles. The first-order chi connectivity index (χ1) is 21.8. The molecule has 0 unspecified atom stereocenters. The second-order valence-corrected chi connectivity index (χ2v) is 15.0. The smallest absolute Gasteiger partial charge is 0.261 e. The van der Waals surface area contributed by atoms with E-state index in [1.807, 2.05) is 24.3 Å². The van der Waals surface area contributed by atoms with Crippen LogP contribution in [0.5, 0.6) is 0 Å². The minimum absolute atomic E-state index is 0. The molecule has 7 rings (SSSR count). The first-order valence-electron chi connectivity index (χ1n) is 14.3. The summed E-state index contributed by atoms with van der Waals surface area (Å²) in [6.07, 6.45) is 0.863. The summed E-state index contributed by atoms with van der Waals surface area (Å²) in [5, 5.41) is 5.29. The fraction of sp³-hybridized carbons (Fsp3) is 0.118. The molecule has 1 aliphatic heterocycles. The molecule has 7 nitrogen and oxygen atoms in total. The number of carbonyl (C=O) groups excluding carboxylic acids is 1. The van der Waals surface area contributed by atoms with Crippen LogP contribution in [0.2, 0.25) is 5.02 Å². The standard InChI is InChI=1S/C34H27ClN4O3S3.ClH/c35-24-12-16-26(17-13-24)45(41,42)38-25-14-10-23(11-15-25)32(40)37-34-31(33-36-28-8-4-5-9-29(28)43-33)27-18-19-39(21-30(27)44-34)20-22-6-2-1-3-7-22;/h1-17,38H,18-21H2,(H,37,40);1H. The summed E-state index contributed by atoms with van der Waals surface area (Å²) < 4.78 is 29.2. The summed E-state index contributed by atoms with van der Waals surface area (Å²) in [6.45, 7) is 2.58. The number of hydrogen-bond acceptors (Lipinski definition) is 7. The zero-order valence-corrected chi connectivity index (χ0v) is 28.3. The van der Waals surface area contributed by atoms with Crippen molar-refractivity contribution >= 4 is 83.5 Å². The fourth-order valence-corrected chi connectivity index (χ4v) is 9.00. The van der Waals surface area contributed by atoms with E-state index in [9.17, 15) is 13.2 Å². The van der Waals surface area contributed by atoms with Crippen molar-refractivity contribution in [3.8, 4) is 10.6 Å². The highest BCUT2D eigenvalue weighted by atomic mass is 35.5. The van der Waals surface area contributed by atoms with Crippen LogP contribution in [-0.2, 0) is 29.5 Å². The van der Waals surface area contributed by atoms with Crippen molar-refractivity contribution < 1.29 is 13.2 Å². The topological polar surface area (TPSA) is 91.4 Å². The van der Waals surface area contributed by atoms with Gasteiger partial charge in [-0.3, -0.25) is 14.4 Å². The molecule has 2 aromatic heterocycles. The van der Waals surface area contributed by atoms with E-state index in [2.05, 4.69) is 45.3 Å². The van der Waals surface area contributed by atoms with E-state index in [4.69, 9.17) is 16.6 Å². The Hall–Kier alpha value is -3.77. The number of halogens is 2. The van der Waals surface area contributed by atoms with Crippen LogP contribution in [-0.4, -0.2) is 30.8 Å². The lowest BCUT2D eigenvalue weighted by Gasteiger charge is -2.27. The molecule has 46 heavy (non-hydrogen) atoms. The number of thiazole rings is 1. The van der Waals surface area contributed by atoms with Crippen molar-refractivity contribution in [1.82, 2.24) is 9.88 Å². The predicted octanol–water partition coefficient (Wildman–Crippen LogP) is 8.71. The molecule has 4 aromatic carbocycles. The van der Waals surface area contributed by atoms with Crippen molar-refractivity contribution in [2.24, 2.45) is 0 Å². The lowest BCUT2D eigenvalue weighted by molar-refractivity contribution is 0.102. The minimum atomic E-state index is -3.80. The number of nitrogens with one attached hydrogen (secondary N) is 2. The molecule has 0 fully saturated rings. The number of rotatable bonds is 8. The summed E-state index contributed by atoms with van der Waals surface area (Å²) in [5.41, 5.74) is 5.21. The minimum Gasteiger partial charge on any atom is -0.313 e. The zero-order valence-electron chi connectivity index (χ0n) is 24.3. The first-order valence-corrected chi connectivity index (χ1v) is 17.8. The summed E-state index contributed by atoms with van der Waals surface area (Å²) in [4.78, 5) is 22.3. The van der Waals surface area contributed by atoms with Gasteiger partial charge in [0.05, 0.1) is 15.1 Å². The van der Waals surface area contributed by atoms with Crippen LogP contribution in [0.15, 0.2) is 108 Å². The van der Waals surface area contributed by atoms with E-state index in [1.165, 1.54) is 40.3 Å². The van der Waals surface area contributed by atoms with Gasteiger partial charge >= 0.3 is 0 Å². The van der Waals surface area contributed by atoms with Crippen LogP contribution < -0.4 is 10.0 Å². The van der Waals surface area contributed by atoms with Crippen LogP contribution >= 0.6 is 46.7 Å². The Bertz CT molecular complexity index is 2080. The summed E-state index contributed by atoms with van der Waals surface area (Å²) in [5.74, 6) is -0.274. The summed E-state index contributed by atoms with van der Waals surface area (Å²) in [7, 11) is -3.80. The Morgan fingerprint density at radius 3 is 2.35 bits per heavy atom. The molecule has 0 bridgehead atoms. The lowest BCUT2D eigenvalue weighted by Crippen LogP contribution is -2.29. The second kappa shape index (κ2) is 13.5. The molecule has 0 saturated carbocycles. The van der Waals surface area contributed by atoms with Crippen LogP contribution in [0, 0.1) is 0 Å². The summed E-state index contributed by atoms with van der Waals surface area (Å²) in [6, 6.07) is 30.8. The van der Waals surface area contributed by atoms with Gasteiger partial charge in [-0.25, -0.2) is 13.4 Å². The normalized spacial score (nSPS) is 13.2. The number of nitrogens with zero attached hydrogens (tertiary/aromatic N) is 2. The molecular weight excluding hydrogens is 680 g/mol. The average molecular weight is 708 g/mol. The third kappa shape index (κ3) is 6.83. The van der Waals surface area contributed by atoms with Crippen molar-refractivity contribution in [1.29, 1.82) is 0 Å². The number of hydrogen-bond donors (Lipinski definition) is 2. The number of carbonyl (C=O) groups is 1. The number of para-hydroxylation sites is 1. The number of benzene rings is 4. The molecule has 1 amide bonds. The van der Waals surface area contributed by atoms with Crippen LogP contribution in [0.1, 0.15) is 26.4 Å². The van der Waals surface area contributed by atoms with Gasteiger partial charge in [-0.15, -0.1) is 35.1 Å². The van der Waals surface area contributed by atoms with Gasteiger partial charge in [-0.1, -0.05) is 54.1 Å². The molecule has 3 heterocycles. The van der Waals surface area contributed by atoms with E-state index in [1.54, 1.807) is 46.9 Å². The maximum absolute atomic E-state index is 13.6. The van der Waals surface area contributed by atoms with Gasteiger partial charge in [0.1, 0.15) is 10.0 Å². The number of fused-ring (bicyclic) bond motifs is 2. The van der Waals surface area contributed by atoms with Gasteiger partial charge in [0, 0.05) is 46.3 Å². The van der Waals surface area contributed by atoms with Crippen molar-refractivity contribution in [3.05, 3.63) is 130 Å². The third-order valence-corrected chi connectivity index (χ3v) is 11.5. The van der Waals surface area contributed by atoms with Crippen molar-refractivity contribution in [2.75, 3.05) is 16.6 Å². The molecular formula is C34H28Cl2N4O3S3. The second-order valence-electron chi connectivity index (χ2n) is 10.7. The van der Waals surface area contributed by atoms with Crippen LogP contribution in [0.3, 0.4) is 0 Å². The van der Waals surface area contributed by atoms with Crippen LogP contribution in [0.25, 0.3) is 20.8 Å². The van der Waals surface area contributed by atoms with Crippen molar-refractivity contribution in [2.45, 2.75) is 24.4 Å². The Kier molecular flexibility index (Phi) is 9.47. The molecule has 1 aliphatic rings. The number of anilines is 2. The third-order valence-electron chi connectivity index (χ3n) is 7.64. The van der Waals surface area contributed by atoms with Gasteiger partial charge in [0.25, 0.3) is 15.9 Å². The van der Waals surface area contributed by atoms with Gasteiger partial charge < -0.3 is 5.32 Å². The number of thiophene rings is 1. The highest BCUT2D eigenvalue weighted by Crippen LogP contribution is 2.46. The van der Waals surface area contributed by atoms with Gasteiger partial charge in [0.15, 0.2) is 0 Å². The largest absolute Gasteiger partial charge is 0.313 e. The molecule has 0 saturated heterocycles. The Labute approximate surface area is 286 Å². The predicted molar refractivity (Wildman–Crippen MR) is 191 cm³/mol. The fourth-order valence-electron chi connectivity index (χ4n) is 5.42. The monoisotopic (exact) mass is 706 g/mol. The summed E-state index contributed by atoms with van der Waals surface area (Å²) >= 11 is 9.14. The Morgan fingerprint density at radius 2 is 1.61 bits per heavy atom. The number of aromatic nitrogens is 1. The van der Waals surface area contributed by atoms with Crippen LogP contribution in [0.4, 0.5) is 10.7 Å². The Balaban J connectivity index is 0.00000372. The van der Waals surface area contributed by atoms with Crippen molar-refractivity contribution in [3.63, 3.8) is 0 Å². The molecule has 0 atom stereocenters. The van der Waals surface area contributed by atoms with Gasteiger partial charge in [-0.2, -0.15) is 0 Å². The molecule has 12 heteroatoms. The van der Waals surface area contributed by atoms with E-state index < -0.39 is 10.0 Å². The average Bonchev–Trinajstić information content (AvgIpc) is 3.62. The molecule has 2 N–H and O–H groups in total. The number of amides is 1. The van der Waals surface area contributed by atoms with E-state index in [0.29, 0.717) is 16.3 Å². The van der Waals surface area contributed by atoms with E-state index in [0.717, 1.165) is 51.8 Å². The highest BCUT2D eigenvalue weighted by Gasteiger charge is 2.28. The molecule has 0 radical (unpaired) electrons. The number of sulfonamides is 1. The Morgan fingerprint density at radius 1 is 0.891 bits per heavy atom.